The predicted molar refractivity (Wildman–Crippen MR) is 84.1 cm³/mol. The van der Waals surface area contributed by atoms with Crippen LogP contribution in [0.4, 0.5) is 0 Å². The van der Waals surface area contributed by atoms with Crippen molar-refractivity contribution in [2.45, 2.75) is 24.9 Å². The van der Waals surface area contributed by atoms with Crippen LogP contribution in [0.3, 0.4) is 0 Å². The van der Waals surface area contributed by atoms with Gasteiger partial charge in [-0.15, -0.1) is 0 Å². The van der Waals surface area contributed by atoms with Gasteiger partial charge < -0.3 is 4.74 Å². The summed E-state index contributed by atoms with van der Waals surface area (Å²) in [7, 11) is -3.18. The van der Waals surface area contributed by atoms with Gasteiger partial charge in [0.15, 0.2) is 0 Å². The van der Waals surface area contributed by atoms with E-state index in [1.54, 1.807) is 16.7 Å². The molecule has 6 nitrogen and oxygen atoms in total. The van der Waals surface area contributed by atoms with Crippen LogP contribution in [0, 0.1) is 0 Å². The lowest BCUT2D eigenvalue weighted by Gasteiger charge is -2.37. The van der Waals surface area contributed by atoms with Crippen LogP contribution in [0.5, 0.6) is 0 Å². The maximum Gasteiger partial charge on any atom is 0.211 e. The molecule has 0 bridgehead atoms. The number of hydrogen-bond acceptors (Lipinski definition) is 5. The van der Waals surface area contributed by atoms with E-state index < -0.39 is 10.0 Å². The highest BCUT2D eigenvalue weighted by Gasteiger charge is 2.42. The van der Waals surface area contributed by atoms with Gasteiger partial charge in [-0.3, -0.25) is 9.88 Å². The summed E-state index contributed by atoms with van der Waals surface area (Å²) in [5, 5.41) is 0. The number of hydrogen-bond donors (Lipinski definition) is 0. The molecule has 0 spiro atoms. The maximum absolute atomic E-state index is 12.1. The Bertz CT molecular complexity index is 587. The number of rotatable bonds is 4. The highest BCUT2D eigenvalue weighted by atomic mass is 32.2. The Labute approximate surface area is 132 Å². The molecule has 7 heteroatoms. The number of nitrogens with zero attached hydrogens (tertiary/aromatic N) is 3. The molecule has 22 heavy (non-hydrogen) atoms. The smallest absolute Gasteiger partial charge is 0.211 e. The zero-order valence-corrected chi connectivity index (χ0v) is 13.7. The molecule has 0 unspecified atom stereocenters. The van der Waals surface area contributed by atoms with Gasteiger partial charge in [-0.2, -0.15) is 4.31 Å². The largest absolute Gasteiger partial charge is 0.379 e. The second-order valence-electron chi connectivity index (χ2n) is 6.01. The summed E-state index contributed by atoms with van der Waals surface area (Å²) in [5.41, 5.74) is 1.13. The third kappa shape index (κ3) is 3.48. The van der Waals surface area contributed by atoms with Gasteiger partial charge in [-0.1, -0.05) is 0 Å². The van der Waals surface area contributed by atoms with Crippen LogP contribution in [0.2, 0.25) is 0 Å². The molecule has 2 aliphatic rings. The second-order valence-corrected chi connectivity index (χ2v) is 7.94. The molecular formula is C15H23N3O3S. The highest BCUT2D eigenvalue weighted by molar-refractivity contribution is 7.88. The minimum atomic E-state index is -3.18. The normalized spacial score (nSPS) is 28.0. The van der Waals surface area contributed by atoms with E-state index in [1.807, 2.05) is 12.1 Å². The third-order valence-electron chi connectivity index (χ3n) is 4.59. The Balaban J connectivity index is 1.82. The number of sulfonamides is 1. The lowest BCUT2D eigenvalue weighted by atomic mass is 10.00. The average Bonchev–Trinajstić information content (AvgIpc) is 2.93. The van der Waals surface area contributed by atoms with Gasteiger partial charge in [-0.25, -0.2) is 8.42 Å². The minimum absolute atomic E-state index is 0.00417. The fraction of sp³-hybridized carbons (Fsp3) is 0.667. The van der Waals surface area contributed by atoms with Gasteiger partial charge in [-0.05, 0) is 30.5 Å². The molecule has 2 aliphatic heterocycles. The van der Waals surface area contributed by atoms with Crippen molar-refractivity contribution in [2.24, 2.45) is 0 Å². The Kier molecular flexibility index (Phi) is 4.77. The molecule has 1 aromatic rings. The van der Waals surface area contributed by atoms with Gasteiger partial charge in [0, 0.05) is 44.1 Å². The summed E-state index contributed by atoms with van der Waals surface area (Å²) in [6, 6.07) is 4.20. The molecular weight excluding hydrogens is 302 g/mol. The third-order valence-corrected chi connectivity index (χ3v) is 5.90. The maximum atomic E-state index is 12.1. The van der Waals surface area contributed by atoms with Gasteiger partial charge in [0.2, 0.25) is 10.0 Å². The molecule has 0 radical (unpaired) electrons. The van der Waals surface area contributed by atoms with Gasteiger partial charge in [0.05, 0.1) is 19.5 Å². The van der Waals surface area contributed by atoms with Crippen LogP contribution < -0.4 is 0 Å². The van der Waals surface area contributed by atoms with Crippen LogP contribution in [0.1, 0.15) is 12.0 Å². The Morgan fingerprint density at radius 3 is 2.55 bits per heavy atom. The van der Waals surface area contributed by atoms with Gasteiger partial charge in [0.1, 0.15) is 0 Å². The van der Waals surface area contributed by atoms with Crippen molar-refractivity contribution in [1.29, 1.82) is 0 Å². The summed E-state index contributed by atoms with van der Waals surface area (Å²) < 4.78 is 31.4. The standard InChI is InChI=1S/C15H23N3O3S/c1-22(19,20)18-7-4-14(17-8-10-21-11-9-17)15(18)12-13-2-5-16-6-3-13/h2-3,5-6,14-15H,4,7-12H2,1H3/t14-,15+/m0/s1. The van der Waals surface area contributed by atoms with Gasteiger partial charge in [0.25, 0.3) is 0 Å². The van der Waals surface area contributed by atoms with Crippen LogP contribution in [0.25, 0.3) is 0 Å². The summed E-state index contributed by atoms with van der Waals surface area (Å²) in [5.74, 6) is 0. The molecule has 122 valence electrons. The number of pyridine rings is 1. The summed E-state index contributed by atoms with van der Waals surface area (Å²) in [6.07, 6.45) is 6.46. The van der Waals surface area contributed by atoms with E-state index in [0.717, 1.165) is 44.7 Å². The fourth-order valence-electron chi connectivity index (χ4n) is 3.55. The molecule has 2 atom stereocenters. The topological polar surface area (TPSA) is 62.7 Å². The second kappa shape index (κ2) is 6.62. The summed E-state index contributed by atoms with van der Waals surface area (Å²) in [6.45, 7) is 3.84. The van der Waals surface area contributed by atoms with Crippen molar-refractivity contribution in [1.82, 2.24) is 14.2 Å². The minimum Gasteiger partial charge on any atom is -0.379 e. The van der Waals surface area contributed by atoms with Crippen molar-refractivity contribution in [3.63, 3.8) is 0 Å². The lowest BCUT2D eigenvalue weighted by molar-refractivity contribution is 0.0116. The molecule has 0 amide bonds. The first kappa shape index (κ1) is 15.9. The molecule has 2 fully saturated rings. The first-order chi connectivity index (χ1) is 10.6. The fourth-order valence-corrected chi connectivity index (χ4v) is 4.70. The number of morpholine rings is 1. The van der Waals surface area contributed by atoms with Crippen molar-refractivity contribution >= 4 is 10.0 Å². The monoisotopic (exact) mass is 325 g/mol. The van der Waals surface area contributed by atoms with Crippen molar-refractivity contribution in [3.05, 3.63) is 30.1 Å². The lowest BCUT2D eigenvalue weighted by Crippen LogP contribution is -2.51. The first-order valence-corrected chi connectivity index (χ1v) is 9.58. The van der Waals surface area contributed by atoms with E-state index in [9.17, 15) is 8.42 Å². The predicted octanol–water partition coefficient (Wildman–Crippen LogP) is 0.359. The molecule has 0 aromatic carbocycles. The Hall–Kier alpha value is -1.02. The molecule has 3 rings (SSSR count). The van der Waals surface area contributed by atoms with Crippen molar-refractivity contribution in [3.8, 4) is 0 Å². The average molecular weight is 325 g/mol. The van der Waals surface area contributed by atoms with Crippen LogP contribution >= 0.6 is 0 Å². The molecule has 0 N–H and O–H groups in total. The Morgan fingerprint density at radius 2 is 1.91 bits per heavy atom. The molecule has 0 saturated carbocycles. The van der Waals surface area contributed by atoms with Crippen LogP contribution in [-0.4, -0.2) is 73.8 Å². The van der Waals surface area contributed by atoms with E-state index in [-0.39, 0.29) is 12.1 Å². The SMILES string of the molecule is CS(=O)(=O)N1CC[C@H](N2CCOCC2)[C@H]1Cc1ccncc1. The van der Waals surface area contributed by atoms with Gasteiger partial charge >= 0.3 is 0 Å². The van der Waals surface area contributed by atoms with E-state index in [0.29, 0.717) is 6.54 Å². The van der Waals surface area contributed by atoms with E-state index in [1.165, 1.54) is 6.26 Å². The summed E-state index contributed by atoms with van der Waals surface area (Å²) in [4.78, 5) is 6.43. The molecule has 0 aliphatic carbocycles. The number of ether oxygens (including phenoxy) is 1. The molecule has 1 aromatic heterocycles. The van der Waals surface area contributed by atoms with E-state index >= 15 is 0 Å². The van der Waals surface area contributed by atoms with E-state index in [4.69, 9.17) is 4.74 Å². The zero-order valence-electron chi connectivity index (χ0n) is 12.9. The number of aromatic nitrogens is 1. The Morgan fingerprint density at radius 1 is 1.23 bits per heavy atom. The van der Waals surface area contributed by atoms with Crippen LogP contribution in [-0.2, 0) is 21.2 Å². The van der Waals surface area contributed by atoms with E-state index in [2.05, 4.69) is 9.88 Å². The molecule has 3 heterocycles. The highest BCUT2D eigenvalue weighted by Crippen LogP contribution is 2.28. The van der Waals surface area contributed by atoms with Crippen molar-refractivity contribution < 1.29 is 13.2 Å². The zero-order chi connectivity index (χ0) is 15.6. The van der Waals surface area contributed by atoms with Crippen LogP contribution in [0.15, 0.2) is 24.5 Å². The quantitative estimate of drug-likeness (QED) is 0.800. The molecule has 2 saturated heterocycles. The van der Waals surface area contributed by atoms with Crippen molar-refractivity contribution in [2.75, 3.05) is 39.1 Å². The first-order valence-electron chi connectivity index (χ1n) is 7.73. The summed E-state index contributed by atoms with van der Waals surface area (Å²) >= 11 is 0.